The molecule has 0 bridgehead atoms. The first-order valence-corrected chi connectivity index (χ1v) is 16.2. The van der Waals surface area contributed by atoms with Crippen LogP contribution in [0.3, 0.4) is 0 Å². The molecule has 0 rings (SSSR count). The molecule has 0 aliphatic carbocycles. The Labute approximate surface area is 133 Å². The third-order valence-corrected chi connectivity index (χ3v) is 9.91. The van der Waals surface area contributed by atoms with Crippen LogP contribution in [-0.4, -0.2) is 28.1 Å². The molecule has 0 heterocycles. The topological polar surface area (TPSA) is 47.9 Å². The lowest BCUT2D eigenvalue weighted by Gasteiger charge is -2.34. The van der Waals surface area contributed by atoms with Crippen LogP contribution in [0.1, 0.15) is 40.0 Å². The molecule has 0 saturated heterocycles. The van der Waals surface area contributed by atoms with Crippen LogP contribution in [-0.2, 0) is 13.0 Å². The van der Waals surface area contributed by atoms with Gasteiger partial charge in [-0.15, -0.1) is 0 Å². The quantitative estimate of drug-likeness (QED) is 0.296. The number of aliphatic imine (C=N–C) groups is 1. The minimum absolute atomic E-state index is 0.360. The average Bonchev–Trinajstić information content (AvgIpc) is 2.17. The summed E-state index contributed by atoms with van der Waals surface area (Å²) in [5.41, 5.74) is 0.926. The molecule has 4 nitrogen and oxygen atoms in total. The van der Waals surface area contributed by atoms with Gasteiger partial charge in [0.05, 0.1) is 0 Å². The lowest BCUT2D eigenvalue weighted by Crippen LogP contribution is -2.33. The zero-order chi connectivity index (χ0) is 16.9. The second kappa shape index (κ2) is 8.20. The summed E-state index contributed by atoms with van der Waals surface area (Å²) >= 11 is 0. The maximum Gasteiger partial charge on any atom is 0.335 e. The van der Waals surface area contributed by atoms with Crippen LogP contribution in [0.25, 0.3) is 0 Å². The summed E-state index contributed by atoms with van der Waals surface area (Å²) in [7, 11) is -7.18. The normalized spacial score (nSPS) is 14.9. The van der Waals surface area contributed by atoms with Crippen LogP contribution in [0.4, 0.5) is 0 Å². The van der Waals surface area contributed by atoms with Crippen molar-refractivity contribution in [2.45, 2.75) is 85.1 Å². The van der Waals surface area contributed by atoms with Gasteiger partial charge < -0.3 is 8.43 Å². The van der Waals surface area contributed by atoms with E-state index in [1.54, 1.807) is 0 Å². The van der Waals surface area contributed by atoms with Gasteiger partial charge in [0, 0.05) is 5.71 Å². The van der Waals surface area contributed by atoms with Gasteiger partial charge in [0.15, 0.2) is 16.6 Å². The fraction of sp³-hybridized carbons (Fsp3) is 0.929. The van der Waals surface area contributed by atoms with Gasteiger partial charge in [-0.2, -0.15) is 0 Å². The van der Waals surface area contributed by atoms with E-state index in [4.69, 9.17) is 8.43 Å². The van der Waals surface area contributed by atoms with Crippen LogP contribution in [0.15, 0.2) is 4.99 Å². The van der Waals surface area contributed by atoms with Gasteiger partial charge in [-0.25, -0.2) is 0 Å². The summed E-state index contributed by atoms with van der Waals surface area (Å²) in [5, 5.41) is 0. The smallest absolute Gasteiger partial charge is 0.335 e. The Bertz CT molecular complexity index is 376. The maximum atomic E-state index is 13.5. The maximum absolute atomic E-state index is 13.5. The Morgan fingerprint density at radius 2 is 1.48 bits per heavy atom. The molecule has 0 amide bonds. The zero-order valence-corrected chi connectivity index (χ0v) is 18.2. The molecule has 0 radical (unpaired) electrons. The van der Waals surface area contributed by atoms with Crippen molar-refractivity contribution in [3.05, 3.63) is 0 Å². The highest BCUT2D eigenvalue weighted by atomic mass is 31.2. The van der Waals surface area contributed by atoms with Crippen molar-refractivity contribution in [2.75, 3.05) is 0 Å². The van der Waals surface area contributed by atoms with Crippen LogP contribution in [0, 0.1) is 0 Å². The van der Waals surface area contributed by atoms with Crippen molar-refractivity contribution in [1.82, 2.24) is 0 Å². The van der Waals surface area contributed by atoms with E-state index < -0.39 is 24.2 Å². The summed E-state index contributed by atoms with van der Waals surface area (Å²) in [6.07, 6.45) is 2.79. The van der Waals surface area contributed by atoms with E-state index in [9.17, 15) is 4.57 Å². The van der Waals surface area contributed by atoms with Crippen molar-refractivity contribution in [3.8, 4) is 0 Å². The molecular weight excluding hydrogens is 317 g/mol. The molecule has 0 saturated carbocycles. The van der Waals surface area contributed by atoms with E-state index in [1.165, 1.54) is 0 Å². The van der Waals surface area contributed by atoms with Crippen molar-refractivity contribution in [2.24, 2.45) is 4.99 Å². The molecule has 0 fully saturated rings. The molecule has 0 spiro atoms. The second-order valence-corrected chi connectivity index (χ2v) is 19.2. The molecular formula is C14H34NO3PSi2. The molecule has 0 N–H and O–H groups in total. The molecule has 0 aromatic heterocycles. The van der Waals surface area contributed by atoms with Crippen LogP contribution >= 0.6 is 7.60 Å². The summed E-state index contributed by atoms with van der Waals surface area (Å²) in [5.74, 6) is -0.360. The van der Waals surface area contributed by atoms with Crippen molar-refractivity contribution < 1.29 is 13.0 Å². The molecule has 1 atom stereocenters. The Kier molecular flexibility index (Phi) is 8.30. The largest absolute Gasteiger partial charge is 0.350 e. The fourth-order valence-electron chi connectivity index (χ4n) is 1.88. The molecule has 0 aromatic rings. The molecule has 126 valence electrons. The first-order chi connectivity index (χ1) is 9.29. The summed E-state index contributed by atoms with van der Waals surface area (Å²) in [6.45, 7) is 18.3. The van der Waals surface area contributed by atoms with Gasteiger partial charge in [0.1, 0.15) is 5.78 Å². The number of hydrogen-bond acceptors (Lipinski definition) is 4. The molecule has 7 heteroatoms. The first-order valence-electron chi connectivity index (χ1n) is 7.81. The van der Waals surface area contributed by atoms with Gasteiger partial charge in [0.25, 0.3) is 0 Å². The predicted octanol–water partition coefficient (Wildman–Crippen LogP) is 5.88. The highest BCUT2D eigenvalue weighted by Crippen LogP contribution is 2.59. The van der Waals surface area contributed by atoms with Crippen molar-refractivity contribution in [1.29, 1.82) is 0 Å². The van der Waals surface area contributed by atoms with Gasteiger partial charge in [-0.1, -0.05) is 19.8 Å². The molecule has 0 aromatic carbocycles. The Hall–Kier alpha value is 0.254. The second-order valence-electron chi connectivity index (χ2n) is 7.65. The SMILES string of the molecule is CCCCC(N=C(C)C)P(=O)(O[Si](C)(C)C)O[Si](C)(C)C. The number of unbranched alkanes of at least 4 members (excludes halogenated alkanes) is 1. The Morgan fingerprint density at radius 3 is 1.76 bits per heavy atom. The van der Waals surface area contributed by atoms with Crippen LogP contribution < -0.4 is 0 Å². The number of nitrogens with zero attached hydrogens (tertiary/aromatic N) is 1. The minimum atomic E-state index is -3.22. The first kappa shape index (κ1) is 21.3. The minimum Gasteiger partial charge on any atom is -0.350 e. The van der Waals surface area contributed by atoms with Gasteiger partial charge in [-0.05, 0) is 59.6 Å². The summed E-state index contributed by atoms with van der Waals surface area (Å²) in [4.78, 5) is 4.60. The standard InChI is InChI=1S/C14H34NO3PSi2/c1-10-11-12-14(15-13(2)3)19(16,17-20(4,5)6)18-21(7,8)9/h14H,10-12H2,1-9H3. The molecule has 0 aliphatic rings. The third kappa shape index (κ3) is 9.79. The average molecular weight is 352 g/mol. The summed E-state index contributed by atoms with van der Waals surface area (Å²) in [6, 6.07) is 0. The molecule has 21 heavy (non-hydrogen) atoms. The fourth-order valence-corrected chi connectivity index (χ4v) is 10.3. The van der Waals surface area contributed by atoms with Crippen LogP contribution in [0.5, 0.6) is 0 Å². The lowest BCUT2D eigenvalue weighted by molar-refractivity contribution is 0.364. The lowest BCUT2D eigenvalue weighted by atomic mass is 10.2. The third-order valence-electron chi connectivity index (χ3n) is 2.39. The highest BCUT2D eigenvalue weighted by Gasteiger charge is 2.42. The Balaban J connectivity index is 5.57. The molecule has 0 aliphatic heterocycles. The Morgan fingerprint density at radius 1 is 1.05 bits per heavy atom. The highest BCUT2D eigenvalue weighted by molar-refractivity contribution is 7.57. The van der Waals surface area contributed by atoms with Gasteiger partial charge >= 0.3 is 7.60 Å². The van der Waals surface area contributed by atoms with E-state index in [-0.39, 0.29) is 5.78 Å². The molecule has 1 unspecified atom stereocenters. The van der Waals surface area contributed by atoms with Crippen LogP contribution in [0.2, 0.25) is 39.3 Å². The zero-order valence-electron chi connectivity index (χ0n) is 15.3. The number of hydrogen-bond donors (Lipinski definition) is 0. The monoisotopic (exact) mass is 351 g/mol. The van der Waals surface area contributed by atoms with E-state index in [0.717, 1.165) is 25.0 Å². The van der Waals surface area contributed by atoms with Crippen molar-refractivity contribution >= 4 is 29.9 Å². The van der Waals surface area contributed by atoms with E-state index >= 15 is 0 Å². The predicted molar refractivity (Wildman–Crippen MR) is 98.6 cm³/mol. The van der Waals surface area contributed by atoms with Gasteiger partial charge in [0.2, 0.25) is 0 Å². The van der Waals surface area contributed by atoms with Gasteiger partial charge in [-0.3, -0.25) is 9.56 Å². The van der Waals surface area contributed by atoms with E-state index in [1.807, 2.05) is 53.1 Å². The van der Waals surface area contributed by atoms with Crippen molar-refractivity contribution in [3.63, 3.8) is 0 Å². The summed E-state index contributed by atoms with van der Waals surface area (Å²) < 4.78 is 25.6. The van der Waals surface area contributed by atoms with E-state index in [0.29, 0.717) is 0 Å². The number of rotatable bonds is 9. The van der Waals surface area contributed by atoms with E-state index in [2.05, 4.69) is 11.9 Å².